The minimum absolute atomic E-state index is 0.00718. The molecule has 0 radical (unpaired) electrons. The summed E-state index contributed by atoms with van der Waals surface area (Å²) in [5.41, 5.74) is 1.95. The van der Waals surface area contributed by atoms with Crippen LogP contribution in [0.5, 0.6) is 0 Å². The number of hydrogen-bond donors (Lipinski definition) is 0. The van der Waals surface area contributed by atoms with Crippen molar-refractivity contribution in [2.45, 2.75) is 19.6 Å². The van der Waals surface area contributed by atoms with Gasteiger partial charge in [0, 0.05) is 43.1 Å². The number of benzene rings is 1. The number of hydrogen-bond acceptors (Lipinski definition) is 4. The van der Waals surface area contributed by atoms with Crippen LogP contribution >= 0.6 is 23.2 Å². The van der Waals surface area contributed by atoms with Crippen LogP contribution in [0.15, 0.2) is 42.7 Å². The fourth-order valence-electron chi connectivity index (χ4n) is 3.08. The van der Waals surface area contributed by atoms with Crippen LogP contribution in [0, 0.1) is 0 Å². The first-order valence-corrected chi connectivity index (χ1v) is 9.26. The third-order valence-electron chi connectivity index (χ3n) is 4.44. The Hall–Kier alpha value is -1.82. The van der Waals surface area contributed by atoms with Crippen molar-refractivity contribution in [2.24, 2.45) is 0 Å². The molecule has 0 saturated carbocycles. The quantitative estimate of drug-likeness (QED) is 0.777. The van der Waals surface area contributed by atoms with E-state index in [1.807, 2.05) is 29.2 Å². The molecule has 26 heavy (non-hydrogen) atoms. The van der Waals surface area contributed by atoms with E-state index in [4.69, 9.17) is 27.9 Å². The highest BCUT2D eigenvalue weighted by Crippen LogP contribution is 2.31. The van der Waals surface area contributed by atoms with E-state index in [9.17, 15) is 4.79 Å². The molecule has 1 fully saturated rings. The Bertz CT molecular complexity index is 758. The van der Waals surface area contributed by atoms with Gasteiger partial charge in [0.25, 0.3) is 0 Å². The van der Waals surface area contributed by atoms with Gasteiger partial charge in [-0.3, -0.25) is 9.78 Å². The number of rotatable bonds is 5. The number of ether oxygens (including phenoxy) is 1. The van der Waals surface area contributed by atoms with E-state index in [1.54, 1.807) is 18.5 Å². The third-order valence-corrected chi connectivity index (χ3v) is 4.98. The van der Waals surface area contributed by atoms with Gasteiger partial charge in [-0.1, -0.05) is 23.2 Å². The number of pyridine rings is 1. The minimum Gasteiger partial charge on any atom is -0.367 e. The number of carbonyl (C=O) groups excluding carboxylic acids is 1. The molecule has 0 bridgehead atoms. The lowest BCUT2D eigenvalue weighted by molar-refractivity contribution is -0.137. The van der Waals surface area contributed by atoms with Gasteiger partial charge >= 0.3 is 0 Å². The van der Waals surface area contributed by atoms with Crippen molar-refractivity contribution in [3.05, 3.63) is 58.3 Å². The highest BCUT2D eigenvalue weighted by atomic mass is 35.5. The zero-order valence-electron chi connectivity index (χ0n) is 14.6. The van der Waals surface area contributed by atoms with Crippen molar-refractivity contribution < 1.29 is 9.53 Å². The van der Waals surface area contributed by atoms with Gasteiger partial charge in [-0.25, -0.2) is 0 Å². The van der Waals surface area contributed by atoms with E-state index < -0.39 is 0 Å². The molecular weight excluding hydrogens is 373 g/mol. The number of nitrogens with zero attached hydrogens (tertiary/aromatic N) is 3. The van der Waals surface area contributed by atoms with Crippen LogP contribution in [-0.2, 0) is 16.1 Å². The molecule has 1 aliphatic rings. The number of aromatic nitrogens is 1. The lowest BCUT2D eigenvalue weighted by atomic mass is 10.1. The predicted molar refractivity (Wildman–Crippen MR) is 104 cm³/mol. The Morgan fingerprint density at radius 2 is 2.00 bits per heavy atom. The van der Waals surface area contributed by atoms with Crippen LogP contribution in [0.25, 0.3) is 0 Å². The van der Waals surface area contributed by atoms with E-state index in [1.165, 1.54) is 0 Å². The molecule has 0 aliphatic carbocycles. The molecule has 3 rings (SSSR count). The van der Waals surface area contributed by atoms with Crippen molar-refractivity contribution >= 4 is 34.8 Å². The molecule has 2 heterocycles. The number of amides is 1. The maximum atomic E-state index is 12.4. The lowest BCUT2D eigenvalue weighted by Crippen LogP contribution is -2.54. The van der Waals surface area contributed by atoms with Crippen molar-refractivity contribution in [2.75, 3.05) is 31.1 Å². The van der Waals surface area contributed by atoms with Gasteiger partial charge in [0.1, 0.15) is 6.61 Å². The van der Waals surface area contributed by atoms with E-state index in [0.29, 0.717) is 29.7 Å². The summed E-state index contributed by atoms with van der Waals surface area (Å²) in [6.07, 6.45) is 3.42. The second kappa shape index (κ2) is 8.71. The Morgan fingerprint density at radius 1 is 1.23 bits per heavy atom. The first kappa shape index (κ1) is 19.0. The summed E-state index contributed by atoms with van der Waals surface area (Å²) in [7, 11) is 0. The summed E-state index contributed by atoms with van der Waals surface area (Å²) in [5, 5.41) is 1.25. The molecule has 5 nitrogen and oxygen atoms in total. The van der Waals surface area contributed by atoms with Gasteiger partial charge in [0.05, 0.1) is 17.3 Å². The largest absolute Gasteiger partial charge is 0.367 e. The molecular formula is C19H21Cl2N3O2. The average Bonchev–Trinajstić information content (AvgIpc) is 2.63. The van der Waals surface area contributed by atoms with Gasteiger partial charge in [-0.2, -0.15) is 0 Å². The normalized spacial score (nSPS) is 17.4. The first-order valence-electron chi connectivity index (χ1n) is 8.50. The molecule has 1 aromatic carbocycles. The van der Waals surface area contributed by atoms with Crippen molar-refractivity contribution in [3.63, 3.8) is 0 Å². The SMILES string of the molecule is CC1CN(C(=O)COCc2ccncc2)CCN1c1ccc(Cl)cc1Cl. The van der Waals surface area contributed by atoms with Gasteiger partial charge in [0.15, 0.2) is 0 Å². The fraction of sp³-hybridized carbons (Fsp3) is 0.368. The predicted octanol–water partition coefficient (Wildman–Crippen LogP) is 3.64. The Labute approximate surface area is 163 Å². The molecule has 1 atom stereocenters. The molecule has 1 saturated heterocycles. The second-order valence-corrected chi connectivity index (χ2v) is 7.17. The first-order chi connectivity index (χ1) is 12.5. The molecule has 7 heteroatoms. The standard InChI is InChI=1S/C19H21Cl2N3O2/c1-14-11-23(19(25)13-26-12-15-4-6-22-7-5-15)8-9-24(14)18-3-2-16(20)10-17(18)21/h2-7,10,14H,8-9,11-13H2,1H3. The molecule has 1 aromatic heterocycles. The van der Waals surface area contributed by atoms with Crippen molar-refractivity contribution in [1.29, 1.82) is 0 Å². The Morgan fingerprint density at radius 3 is 2.69 bits per heavy atom. The summed E-state index contributed by atoms with van der Waals surface area (Å²) >= 11 is 12.3. The molecule has 1 aliphatic heterocycles. The van der Waals surface area contributed by atoms with E-state index in [0.717, 1.165) is 17.8 Å². The van der Waals surface area contributed by atoms with E-state index >= 15 is 0 Å². The summed E-state index contributed by atoms with van der Waals surface area (Å²) in [5.74, 6) is 0.00718. The van der Waals surface area contributed by atoms with Gasteiger partial charge in [0.2, 0.25) is 5.91 Å². The monoisotopic (exact) mass is 393 g/mol. The number of carbonyl (C=O) groups is 1. The maximum absolute atomic E-state index is 12.4. The van der Waals surface area contributed by atoms with Crippen LogP contribution in [0.2, 0.25) is 10.0 Å². The van der Waals surface area contributed by atoms with Gasteiger partial charge in [-0.05, 0) is 42.8 Å². The van der Waals surface area contributed by atoms with E-state index in [-0.39, 0.29) is 18.6 Å². The van der Waals surface area contributed by atoms with Crippen LogP contribution in [0.1, 0.15) is 12.5 Å². The molecule has 1 unspecified atom stereocenters. The molecule has 138 valence electrons. The number of halogens is 2. The summed E-state index contributed by atoms with van der Waals surface area (Å²) in [6, 6.07) is 9.42. The molecule has 0 spiro atoms. The summed E-state index contributed by atoms with van der Waals surface area (Å²) in [4.78, 5) is 20.4. The van der Waals surface area contributed by atoms with Crippen molar-refractivity contribution in [1.82, 2.24) is 9.88 Å². The smallest absolute Gasteiger partial charge is 0.248 e. The lowest BCUT2D eigenvalue weighted by Gasteiger charge is -2.41. The van der Waals surface area contributed by atoms with Crippen LogP contribution in [0.4, 0.5) is 5.69 Å². The Balaban J connectivity index is 1.52. The highest BCUT2D eigenvalue weighted by molar-refractivity contribution is 6.36. The molecule has 1 amide bonds. The number of piperazine rings is 1. The fourth-order valence-corrected chi connectivity index (χ4v) is 3.60. The third kappa shape index (κ3) is 4.67. The average molecular weight is 394 g/mol. The molecule has 2 aromatic rings. The molecule has 0 N–H and O–H groups in total. The highest BCUT2D eigenvalue weighted by Gasteiger charge is 2.27. The summed E-state index contributed by atoms with van der Waals surface area (Å²) in [6.45, 7) is 4.57. The Kier molecular flexibility index (Phi) is 6.35. The van der Waals surface area contributed by atoms with Gasteiger partial charge < -0.3 is 14.5 Å². The number of anilines is 1. The van der Waals surface area contributed by atoms with E-state index in [2.05, 4.69) is 16.8 Å². The maximum Gasteiger partial charge on any atom is 0.248 e. The minimum atomic E-state index is 0.00718. The zero-order chi connectivity index (χ0) is 18.5. The summed E-state index contributed by atoms with van der Waals surface area (Å²) < 4.78 is 5.55. The van der Waals surface area contributed by atoms with Crippen LogP contribution < -0.4 is 4.90 Å². The van der Waals surface area contributed by atoms with Crippen LogP contribution in [0.3, 0.4) is 0 Å². The second-order valence-electron chi connectivity index (χ2n) is 6.33. The zero-order valence-corrected chi connectivity index (χ0v) is 16.1. The van der Waals surface area contributed by atoms with Gasteiger partial charge in [-0.15, -0.1) is 0 Å². The van der Waals surface area contributed by atoms with Crippen LogP contribution in [-0.4, -0.2) is 48.1 Å². The topological polar surface area (TPSA) is 45.7 Å². The van der Waals surface area contributed by atoms with Crippen molar-refractivity contribution in [3.8, 4) is 0 Å².